The van der Waals surface area contributed by atoms with Crippen LogP contribution in [0.4, 0.5) is 0 Å². The van der Waals surface area contributed by atoms with Gasteiger partial charge in [-0.1, -0.05) is 70.2 Å². The lowest BCUT2D eigenvalue weighted by atomic mass is 10.1. The number of para-hydroxylation sites is 1. The Morgan fingerprint density at radius 3 is 1.92 bits per heavy atom. The summed E-state index contributed by atoms with van der Waals surface area (Å²) in [6.07, 6.45) is 10.2. The van der Waals surface area contributed by atoms with Crippen LogP contribution in [0.2, 0.25) is 0 Å². The molecule has 0 aromatic heterocycles. The molecule has 0 aliphatic rings. The van der Waals surface area contributed by atoms with E-state index in [0.717, 1.165) is 18.4 Å². The Hall–Kier alpha value is -1.85. The first-order valence-electron chi connectivity index (χ1n) is 8.87. The van der Waals surface area contributed by atoms with Gasteiger partial charge in [0.05, 0.1) is 19.8 Å². The van der Waals surface area contributed by atoms with Crippen molar-refractivity contribution in [3.8, 4) is 5.75 Å². The van der Waals surface area contributed by atoms with E-state index in [1.165, 1.54) is 44.9 Å². The quantitative estimate of drug-likeness (QED) is 0.412. The fraction of sp³-hybridized carbons (Fsp3) is 0.550. The highest BCUT2D eigenvalue weighted by molar-refractivity contribution is 5.78. The summed E-state index contributed by atoms with van der Waals surface area (Å²) in [7, 11) is 0. The minimum Gasteiger partial charge on any atom is -0.494 e. The molecule has 0 amide bonds. The number of rotatable bonds is 11. The van der Waals surface area contributed by atoms with E-state index >= 15 is 0 Å². The van der Waals surface area contributed by atoms with Gasteiger partial charge in [-0.2, -0.15) is 0 Å². The largest absolute Gasteiger partial charge is 0.494 e. The molecule has 0 saturated carbocycles. The minimum absolute atomic E-state index is 0.125. The van der Waals surface area contributed by atoms with Gasteiger partial charge in [-0.05, 0) is 18.6 Å². The number of aliphatic carboxylic acids is 1. The van der Waals surface area contributed by atoms with Crippen molar-refractivity contribution in [1.29, 1.82) is 0 Å². The zero-order valence-corrected chi connectivity index (χ0v) is 15.4. The predicted octanol–water partition coefficient (Wildman–Crippen LogP) is 4.04. The molecule has 144 valence electrons. The molecule has 0 saturated heterocycles. The Balaban J connectivity index is 0. The maximum atomic E-state index is 9.25. The Kier molecular flexibility index (Phi) is 22.5. The zero-order chi connectivity index (χ0) is 19.2. The van der Waals surface area contributed by atoms with Gasteiger partial charge in [0.25, 0.3) is 0 Å². The Morgan fingerprint density at radius 2 is 1.48 bits per heavy atom. The number of ether oxygens (including phenoxy) is 1. The molecule has 0 spiro atoms. The summed E-state index contributed by atoms with van der Waals surface area (Å²) in [5, 5.41) is 22.9. The summed E-state index contributed by atoms with van der Waals surface area (Å²) >= 11 is 0. The van der Waals surface area contributed by atoms with Gasteiger partial charge < -0.3 is 20.1 Å². The lowest BCUT2D eigenvalue weighted by molar-refractivity contribution is -0.131. The van der Waals surface area contributed by atoms with E-state index in [1.807, 2.05) is 30.3 Å². The second-order valence-electron chi connectivity index (χ2n) is 5.27. The van der Waals surface area contributed by atoms with Crippen molar-refractivity contribution >= 4 is 5.97 Å². The van der Waals surface area contributed by atoms with Crippen LogP contribution in [0.15, 0.2) is 43.0 Å². The van der Waals surface area contributed by atoms with Crippen LogP contribution in [0.25, 0.3) is 0 Å². The van der Waals surface area contributed by atoms with Gasteiger partial charge in [0.2, 0.25) is 0 Å². The van der Waals surface area contributed by atoms with Gasteiger partial charge in [0.15, 0.2) is 0 Å². The van der Waals surface area contributed by atoms with Gasteiger partial charge in [-0.3, -0.25) is 0 Å². The van der Waals surface area contributed by atoms with Crippen molar-refractivity contribution < 1.29 is 24.9 Å². The first-order valence-corrected chi connectivity index (χ1v) is 8.87. The van der Waals surface area contributed by atoms with Crippen LogP contribution in [0.5, 0.6) is 5.75 Å². The topological polar surface area (TPSA) is 87.0 Å². The first kappa shape index (κ1) is 25.4. The molecule has 0 heterocycles. The Labute approximate surface area is 152 Å². The number of benzene rings is 1. The van der Waals surface area contributed by atoms with Crippen molar-refractivity contribution in [1.82, 2.24) is 0 Å². The summed E-state index contributed by atoms with van der Waals surface area (Å²) in [6.45, 7) is 5.83. The second-order valence-corrected chi connectivity index (χ2v) is 5.27. The third-order valence-electron chi connectivity index (χ3n) is 3.03. The third kappa shape index (κ3) is 24.5. The van der Waals surface area contributed by atoms with Crippen LogP contribution < -0.4 is 4.74 Å². The maximum absolute atomic E-state index is 9.25. The van der Waals surface area contributed by atoms with E-state index in [1.54, 1.807) is 0 Å². The number of carboxylic acid groups (broad SMARTS) is 1. The van der Waals surface area contributed by atoms with Crippen molar-refractivity contribution in [2.75, 3.05) is 19.8 Å². The number of hydrogen-bond acceptors (Lipinski definition) is 4. The SMILES string of the molecule is C=CC(=O)O.CCCCCCCCCOc1ccccc1.OCCO. The molecule has 25 heavy (non-hydrogen) atoms. The molecule has 0 unspecified atom stereocenters. The molecule has 1 aromatic carbocycles. The van der Waals surface area contributed by atoms with Gasteiger partial charge in [0.1, 0.15) is 5.75 Å². The smallest absolute Gasteiger partial charge is 0.327 e. The van der Waals surface area contributed by atoms with E-state index in [9.17, 15) is 4.79 Å². The van der Waals surface area contributed by atoms with E-state index in [-0.39, 0.29) is 13.2 Å². The van der Waals surface area contributed by atoms with Crippen molar-refractivity contribution in [2.45, 2.75) is 51.9 Å². The van der Waals surface area contributed by atoms with Crippen LogP contribution in [0, 0.1) is 0 Å². The highest BCUT2D eigenvalue weighted by Gasteiger charge is 1.93. The van der Waals surface area contributed by atoms with Crippen molar-refractivity contribution in [3.63, 3.8) is 0 Å². The molecule has 0 aliphatic heterocycles. The van der Waals surface area contributed by atoms with Crippen molar-refractivity contribution in [2.24, 2.45) is 0 Å². The number of carbonyl (C=O) groups is 1. The molecule has 0 bridgehead atoms. The molecule has 0 aliphatic carbocycles. The summed E-state index contributed by atoms with van der Waals surface area (Å²) in [5.74, 6) is 0.0125. The van der Waals surface area contributed by atoms with Gasteiger partial charge in [0, 0.05) is 6.08 Å². The van der Waals surface area contributed by atoms with Crippen LogP contribution in [-0.4, -0.2) is 41.1 Å². The molecular weight excluding hydrogens is 320 g/mol. The summed E-state index contributed by atoms with van der Waals surface area (Å²) in [6, 6.07) is 10.1. The van der Waals surface area contributed by atoms with E-state index < -0.39 is 5.97 Å². The highest BCUT2D eigenvalue weighted by Crippen LogP contribution is 2.10. The third-order valence-corrected chi connectivity index (χ3v) is 3.03. The second kappa shape index (κ2) is 22.1. The minimum atomic E-state index is -0.981. The predicted molar refractivity (Wildman–Crippen MR) is 102 cm³/mol. The number of unbranched alkanes of at least 4 members (excludes halogenated alkanes) is 6. The molecule has 0 radical (unpaired) electrons. The molecule has 5 heteroatoms. The number of aliphatic hydroxyl groups is 2. The lowest BCUT2D eigenvalue weighted by Gasteiger charge is -2.05. The lowest BCUT2D eigenvalue weighted by Crippen LogP contribution is -1.96. The number of hydrogen-bond donors (Lipinski definition) is 3. The summed E-state index contributed by atoms with van der Waals surface area (Å²) < 4.78 is 5.63. The van der Waals surface area contributed by atoms with Crippen LogP contribution in [0.3, 0.4) is 0 Å². The van der Waals surface area contributed by atoms with Crippen molar-refractivity contribution in [3.05, 3.63) is 43.0 Å². The molecular formula is C20H34O5. The average Bonchev–Trinajstić information content (AvgIpc) is 2.65. The number of carboxylic acids is 1. The fourth-order valence-electron chi connectivity index (χ4n) is 1.77. The van der Waals surface area contributed by atoms with Gasteiger partial charge in [-0.25, -0.2) is 4.79 Å². The highest BCUT2D eigenvalue weighted by atomic mass is 16.5. The zero-order valence-electron chi connectivity index (χ0n) is 15.4. The summed E-state index contributed by atoms with van der Waals surface area (Å²) in [5.41, 5.74) is 0. The molecule has 1 rings (SSSR count). The van der Waals surface area contributed by atoms with E-state index in [4.69, 9.17) is 20.1 Å². The molecule has 5 nitrogen and oxygen atoms in total. The average molecular weight is 354 g/mol. The maximum Gasteiger partial charge on any atom is 0.327 e. The molecule has 3 N–H and O–H groups in total. The Bertz CT molecular complexity index is 390. The monoisotopic (exact) mass is 354 g/mol. The number of aliphatic hydroxyl groups excluding tert-OH is 2. The van der Waals surface area contributed by atoms with Gasteiger partial charge >= 0.3 is 5.97 Å². The van der Waals surface area contributed by atoms with E-state index in [2.05, 4.69) is 13.5 Å². The molecule has 0 atom stereocenters. The standard InChI is InChI=1S/C15H24O.C3H4O2.C2H6O2/c1-2-3-4-5-6-7-11-14-16-15-12-9-8-10-13-15;1-2-3(4)5;3-1-2-4/h8-10,12-13H,2-7,11,14H2,1H3;2H,1H2,(H,4,5);3-4H,1-2H2. The first-order chi connectivity index (χ1) is 12.1. The van der Waals surface area contributed by atoms with Crippen LogP contribution in [-0.2, 0) is 4.79 Å². The normalized spacial score (nSPS) is 9.08. The summed E-state index contributed by atoms with van der Waals surface area (Å²) in [4.78, 5) is 9.25. The Morgan fingerprint density at radius 1 is 1.00 bits per heavy atom. The molecule has 1 aromatic rings. The van der Waals surface area contributed by atoms with E-state index in [0.29, 0.717) is 0 Å². The fourth-order valence-corrected chi connectivity index (χ4v) is 1.77. The molecule has 0 fully saturated rings. The van der Waals surface area contributed by atoms with Crippen LogP contribution >= 0.6 is 0 Å². The van der Waals surface area contributed by atoms with Gasteiger partial charge in [-0.15, -0.1) is 0 Å². The van der Waals surface area contributed by atoms with Crippen LogP contribution in [0.1, 0.15) is 51.9 Å².